The Morgan fingerprint density at radius 1 is 1.07 bits per heavy atom. The van der Waals surface area contributed by atoms with Gasteiger partial charge in [0.25, 0.3) is 0 Å². The monoisotopic (exact) mass is 426 g/mol. The summed E-state index contributed by atoms with van der Waals surface area (Å²) in [7, 11) is -2.05. The molecule has 2 fully saturated rings. The predicted molar refractivity (Wildman–Crippen MR) is 112 cm³/mol. The van der Waals surface area contributed by atoms with E-state index < -0.39 is 15.6 Å². The number of likely N-dealkylation sites (tertiary alicyclic amines) is 1. The average molecular weight is 427 g/mol. The van der Waals surface area contributed by atoms with E-state index in [1.54, 1.807) is 23.5 Å². The van der Waals surface area contributed by atoms with Crippen LogP contribution in [0.25, 0.3) is 0 Å². The van der Waals surface area contributed by atoms with Gasteiger partial charge in [0.05, 0.1) is 17.5 Å². The van der Waals surface area contributed by atoms with Crippen molar-refractivity contribution in [1.29, 1.82) is 0 Å². The molecule has 2 aliphatic heterocycles. The number of amides is 1. The van der Waals surface area contributed by atoms with Gasteiger partial charge in [0.1, 0.15) is 5.75 Å². The second kappa shape index (κ2) is 6.56. The first-order valence-corrected chi connectivity index (χ1v) is 11.8. The molecule has 1 atom stereocenters. The van der Waals surface area contributed by atoms with Crippen LogP contribution in [-0.2, 0) is 26.9 Å². The number of nitrogens with zero attached hydrogens (tertiary/aromatic N) is 2. The van der Waals surface area contributed by atoms with Crippen molar-refractivity contribution < 1.29 is 17.9 Å². The minimum Gasteiger partial charge on any atom is -0.497 e. The summed E-state index contributed by atoms with van der Waals surface area (Å²) >= 11 is 0. The third-order valence-electron chi connectivity index (χ3n) is 6.97. The highest BCUT2D eigenvalue weighted by Gasteiger charge is 2.59. The van der Waals surface area contributed by atoms with Crippen molar-refractivity contribution in [3.8, 4) is 5.75 Å². The summed E-state index contributed by atoms with van der Waals surface area (Å²) in [5.41, 5.74) is 0.736. The van der Waals surface area contributed by atoms with Crippen molar-refractivity contribution >= 4 is 15.9 Å². The SMILES string of the molecule is COc1ccc(CN2[C@@]3(CCN(C(=O)C4(C)CC4)C3)c3ccccc3S2(=O)=O)cc1. The third-order valence-corrected chi connectivity index (χ3v) is 8.94. The molecule has 158 valence electrons. The molecule has 3 aliphatic rings. The van der Waals surface area contributed by atoms with Gasteiger partial charge < -0.3 is 9.64 Å². The number of sulfonamides is 1. The third kappa shape index (κ3) is 2.79. The minimum absolute atomic E-state index is 0.158. The van der Waals surface area contributed by atoms with Crippen LogP contribution in [-0.4, -0.2) is 43.7 Å². The maximum atomic E-state index is 13.6. The number of carbonyl (C=O) groups excluding carboxylic acids is 1. The number of fused-ring (bicyclic) bond motifs is 2. The molecule has 2 aromatic rings. The lowest BCUT2D eigenvalue weighted by Crippen LogP contribution is -2.46. The van der Waals surface area contributed by atoms with Crippen LogP contribution >= 0.6 is 0 Å². The van der Waals surface area contributed by atoms with Crippen LogP contribution in [0.3, 0.4) is 0 Å². The van der Waals surface area contributed by atoms with E-state index in [9.17, 15) is 13.2 Å². The number of carbonyl (C=O) groups is 1. The molecule has 6 nitrogen and oxygen atoms in total. The van der Waals surface area contributed by atoms with E-state index in [-0.39, 0.29) is 17.9 Å². The molecule has 1 aliphatic carbocycles. The number of ether oxygens (including phenoxy) is 1. The molecule has 1 spiro atoms. The fourth-order valence-electron chi connectivity index (χ4n) is 4.87. The van der Waals surface area contributed by atoms with Crippen molar-refractivity contribution in [1.82, 2.24) is 9.21 Å². The molecular formula is C23H26N2O4S. The number of hydrogen-bond donors (Lipinski definition) is 0. The van der Waals surface area contributed by atoms with E-state index in [4.69, 9.17) is 4.74 Å². The van der Waals surface area contributed by atoms with E-state index in [0.29, 0.717) is 24.4 Å². The molecule has 2 heterocycles. The van der Waals surface area contributed by atoms with Crippen LogP contribution in [0.15, 0.2) is 53.4 Å². The second-order valence-corrected chi connectivity index (χ2v) is 10.8. The van der Waals surface area contributed by atoms with Gasteiger partial charge in [0, 0.05) is 25.0 Å². The summed E-state index contributed by atoms with van der Waals surface area (Å²) in [4.78, 5) is 15.3. The Balaban J connectivity index is 1.55. The van der Waals surface area contributed by atoms with Crippen LogP contribution in [0, 0.1) is 5.41 Å². The summed E-state index contributed by atoms with van der Waals surface area (Å²) < 4.78 is 34.0. The number of rotatable bonds is 4. The Kier molecular flexibility index (Phi) is 4.28. The summed E-state index contributed by atoms with van der Waals surface area (Å²) in [5.74, 6) is 0.891. The van der Waals surface area contributed by atoms with Gasteiger partial charge in [-0.3, -0.25) is 4.79 Å². The molecule has 30 heavy (non-hydrogen) atoms. The first-order chi connectivity index (χ1) is 14.3. The van der Waals surface area contributed by atoms with E-state index in [2.05, 4.69) is 0 Å². The molecule has 5 rings (SSSR count). The highest BCUT2D eigenvalue weighted by molar-refractivity contribution is 7.89. The van der Waals surface area contributed by atoms with Gasteiger partial charge in [-0.15, -0.1) is 0 Å². The molecule has 1 saturated heterocycles. The van der Waals surface area contributed by atoms with Crippen molar-refractivity contribution in [3.63, 3.8) is 0 Å². The van der Waals surface area contributed by atoms with Crippen LogP contribution in [0.2, 0.25) is 0 Å². The zero-order valence-corrected chi connectivity index (χ0v) is 18.1. The van der Waals surface area contributed by atoms with E-state index in [0.717, 1.165) is 29.7 Å². The van der Waals surface area contributed by atoms with Crippen LogP contribution in [0.4, 0.5) is 0 Å². The quantitative estimate of drug-likeness (QED) is 0.753. The average Bonchev–Trinajstić information content (AvgIpc) is 3.31. The van der Waals surface area contributed by atoms with E-state index in [1.165, 1.54) is 0 Å². The summed E-state index contributed by atoms with van der Waals surface area (Å²) in [6.07, 6.45) is 2.45. The van der Waals surface area contributed by atoms with Gasteiger partial charge in [0.15, 0.2) is 0 Å². The van der Waals surface area contributed by atoms with Crippen LogP contribution in [0.1, 0.15) is 37.3 Å². The molecule has 1 amide bonds. The lowest BCUT2D eigenvalue weighted by molar-refractivity contribution is -0.135. The predicted octanol–water partition coefficient (Wildman–Crippen LogP) is 3.13. The molecule has 0 bridgehead atoms. The molecule has 0 radical (unpaired) electrons. The zero-order valence-electron chi connectivity index (χ0n) is 17.3. The molecule has 0 aromatic heterocycles. The number of methoxy groups -OCH3 is 1. The minimum atomic E-state index is -3.66. The Morgan fingerprint density at radius 2 is 1.77 bits per heavy atom. The molecule has 7 heteroatoms. The molecule has 1 saturated carbocycles. The summed E-state index contributed by atoms with van der Waals surface area (Å²) in [6.45, 7) is 3.26. The summed E-state index contributed by atoms with van der Waals surface area (Å²) in [6, 6.07) is 14.7. The van der Waals surface area contributed by atoms with Crippen LogP contribution < -0.4 is 4.74 Å². The first-order valence-electron chi connectivity index (χ1n) is 10.3. The van der Waals surface area contributed by atoms with Crippen LogP contribution in [0.5, 0.6) is 5.75 Å². The molecule has 0 unspecified atom stereocenters. The van der Waals surface area contributed by atoms with E-state index in [1.807, 2.05) is 48.2 Å². The largest absolute Gasteiger partial charge is 0.497 e. The van der Waals surface area contributed by atoms with E-state index >= 15 is 0 Å². The van der Waals surface area contributed by atoms with Gasteiger partial charge in [-0.2, -0.15) is 4.31 Å². The van der Waals surface area contributed by atoms with Gasteiger partial charge in [0.2, 0.25) is 15.9 Å². The smallest absolute Gasteiger partial charge is 0.244 e. The fourth-order valence-corrected chi connectivity index (χ4v) is 6.92. The Morgan fingerprint density at radius 3 is 2.43 bits per heavy atom. The highest BCUT2D eigenvalue weighted by Crippen LogP contribution is 2.52. The van der Waals surface area contributed by atoms with Crippen molar-refractivity contribution in [2.75, 3.05) is 20.2 Å². The summed E-state index contributed by atoms with van der Waals surface area (Å²) in [5, 5.41) is 0. The second-order valence-electron chi connectivity index (χ2n) is 8.92. The Hall–Kier alpha value is -2.38. The zero-order chi connectivity index (χ0) is 21.1. The van der Waals surface area contributed by atoms with Gasteiger partial charge in [-0.1, -0.05) is 37.3 Å². The van der Waals surface area contributed by atoms with Crippen molar-refractivity contribution in [3.05, 3.63) is 59.7 Å². The lowest BCUT2D eigenvalue weighted by Gasteiger charge is -2.34. The van der Waals surface area contributed by atoms with Gasteiger partial charge in [-0.05, 0) is 48.6 Å². The topological polar surface area (TPSA) is 66.9 Å². The standard InChI is InChI=1S/C23H26N2O4S/c1-22(11-12-22)21(26)24-14-13-23(16-24)19-5-3-4-6-20(19)30(27,28)25(23)15-17-7-9-18(29-2)10-8-17/h3-10H,11-16H2,1-2H3/t23-/m1/s1. The van der Waals surface area contributed by atoms with Crippen molar-refractivity contribution in [2.45, 2.75) is 43.2 Å². The maximum Gasteiger partial charge on any atom is 0.244 e. The maximum absolute atomic E-state index is 13.6. The molecule has 0 N–H and O–H groups in total. The molecular weight excluding hydrogens is 400 g/mol. The normalized spacial score (nSPS) is 26.0. The Bertz CT molecular complexity index is 1110. The molecule has 2 aromatic carbocycles. The Labute approximate surface area is 177 Å². The van der Waals surface area contributed by atoms with Gasteiger partial charge in [-0.25, -0.2) is 8.42 Å². The first kappa shape index (κ1) is 19.6. The number of benzene rings is 2. The lowest BCUT2D eigenvalue weighted by atomic mass is 9.88. The highest BCUT2D eigenvalue weighted by atomic mass is 32.2. The van der Waals surface area contributed by atoms with Crippen molar-refractivity contribution in [2.24, 2.45) is 5.41 Å². The van der Waals surface area contributed by atoms with Gasteiger partial charge >= 0.3 is 0 Å². The number of hydrogen-bond acceptors (Lipinski definition) is 4. The fraction of sp³-hybridized carbons (Fsp3) is 0.435.